The van der Waals surface area contributed by atoms with Gasteiger partial charge in [-0.25, -0.2) is 0 Å². The molecule has 11 heavy (non-hydrogen) atoms. The van der Waals surface area contributed by atoms with E-state index in [9.17, 15) is 0 Å². The average molecular weight is 212 g/mol. The van der Waals surface area contributed by atoms with Gasteiger partial charge in [0.05, 0.1) is 11.3 Å². The lowest BCUT2D eigenvalue weighted by molar-refractivity contribution is 1.32. The van der Waals surface area contributed by atoms with Crippen LogP contribution >= 0.6 is 15.9 Å². The first-order valence-corrected chi connectivity index (χ1v) is 3.74. The van der Waals surface area contributed by atoms with Crippen molar-refractivity contribution in [1.29, 1.82) is 5.26 Å². The van der Waals surface area contributed by atoms with Gasteiger partial charge in [-0.05, 0) is 28.1 Å². The summed E-state index contributed by atoms with van der Waals surface area (Å²) in [5.74, 6) is 5.20. The number of anilines is 1. The van der Waals surface area contributed by atoms with E-state index in [0.29, 0.717) is 11.3 Å². The molecule has 0 aromatic heterocycles. The third-order valence-corrected chi connectivity index (χ3v) is 1.94. The van der Waals surface area contributed by atoms with Crippen LogP contribution in [0.25, 0.3) is 0 Å². The van der Waals surface area contributed by atoms with Crippen LogP contribution in [0.5, 0.6) is 0 Å². The Kier molecular flexibility index (Phi) is 2.47. The summed E-state index contributed by atoms with van der Waals surface area (Å²) in [5.41, 5.74) is 3.60. The smallest absolute Gasteiger partial charge is 0.101 e. The highest BCUT2D eigenvalue weighted by Gasteiger charge is 2.02. The van der Waals surface area contributed by atoms with Crippen LogP contribution in [0.15, 0.2) is 22.7 Å². The van der Waals surface area contributed by atoms with Gasteiger partial charge in [-0.2, -0.15) is 5.26 Å². The Balaban J connectivity index is 3.27. The molecule has 1 aromatic carbocycles. The molecule has 0 bridgehead atoms. The number of hydrogen-bond acceptors (Lipinski definition) is 3. The Morgan fingerprint density at radius 3 is 2.73 bits per heavy atom. The van der Waals surface area contributed by atoms with Gasteiger partial charge in [0.15, 0.2) is 0 Å². The van der Waals surface area contributed by atoms with Crippen LogP contribution in [-0.2, 0) is 0 Å². The second kappa shape index (κ2) is 3.37. The molecule has 0 fully saturated rings. The molecule has 0 unspecified atom stereocenters. The first-order chi connectivity index (χ1) is 5.29. The lowest BCUT2D eigenvalue weighted by Gasteiger charge is -2.03. The second-order valence-electron chi connectivity index (χ2n) is 1.92. The molecule has 0 heterocycles. The van der Waals surface area contributed by atoms with Crippen molar-refractivity contribution in [3.63, 3.8) is 0 Å². The van der Waals surface area contributed by atoms with Crippen LogP contribution in [0, 0.1) is 11.3 Å². The van der Waals surface area contributed by atoms with Gasteiger partial charge in [-0.15, -0.1) is 0 Å². The van der Waals surface area contributed by atoms with Crippen LogP contribution in [0.3, 0.4) is 0 Å². The lowest BCUT2D eigenvalue weighted by Crippen LogP contribution is -2.08. The van der Waals surface area contributed by atoms with E-state index in [-0.39, 0.29) is 0 Å². The van der Waals surface area contributed by atoms with Crippen LogP contribution in [0.4, 0.5) is 5.69 Å². The molecule has 3 nitrogen and oxygen atoms in total. The van der Waals surface area contributed by atoms with Crippen molar-refractivity contribution in [2.45, 2.75) is 0 Å². The maximum Gasteiger partial charge on any atom is 0.101 e. The number of halogens is 1. The molecule has 0 spiro atoms. The number of nitrogens with zero attached hydrogens (tertiary/aromatic N) is 1. The molecule has 0 aliphatic heterocycles. The van der Waals surface area contributed by atoms with Crippen molar-refractivity contribution in [2.24, 2.45) is 5.84 Å². The van der Waals surface area contributed by atoms with E-state index in [1.54, 1.807) is 12.1 Å². The van der Waals surface area contributed by atoms with Gasteiger partial charge in [0.25, 0.3) is 0 Å². The van der Waals surface area contributed by atoms with Crippen LogP contribution in [0.2, 0.25) is 0 Å². The summed E-state index contributed by atoms with van der Waals surface area (Å²) in [6.07, 6.45) is 0. The zero-order valence-corrected chi connectivity index (χ0v) is 7.22. The van der Waals surface area contributed by atoms with E-state index in [2.05, 4.69) is 21.4 Å². The van der Waals surface area contributed by atoms with E-state index in [0.717, 1.165) is 4.47 Å². The van der Waals surface area contributed by atoms with Crippen molar-refractivity contribution in [3.05, 3.63) is 28.2 Å². The predicted molar refractivity (Wildman–Crippen MR) is 46.7 cm³/mol. The van der Waals surface area contributed by atoms with Gasteiger partial charge in [0, 0.05) is 4.47 Å². The highest BCUT2D eigenvalue weighted by molar-refractivity contribution is 9.10. The molecule has 0 aliphatic rings. The SMILES string of the molecule is N#Cc1cccc(Br)c1NN. The predicted octanol–water partition coefficient (Wildman–Crippen LogP) is 1.61. The van der Waals surface area contributed by atoms with E-state index in [1.165, 1.54) is 0 Å². The molecular formula is C7H6BrN3. The monoisotopic (exact) mass is 211 g/mol. The van der Waals surface area contributed by atoms with Crippen molar-refractivity contribution >= 4 is 21.6 Å². The molecule has 0 atom stereocenters. The molecule has 1 aromatic rings. The molecule has 0 aliphatic carbocycles. The largest absolute Gasteiger partial charge is 0.322 e. The molecule has 3 N–H and O–H groups in total. The van der Waals surface area contributed by atoms with E-state index in [1.807, 2.05) is 12.1 Å². The van der Waals surface area contributed by atoms with Gasteiger partial charge in [-0.3, -0.25) is 5.84 Å². The molecule has 4 heteroatoms. The Morgan fingerprint density at radius 1 is 1.55 bits per heavy atom. The number of benzene rings is 1. The van der Waals surface area contributed by atoms with Gasteiger partial charge >= 0.3 is 0 Å². The third kappa shape index (κ3) is 1.50. The van der Waals surface area contributed by atoms with Crippen molar-refractivity contribution in [2.75, 3.05) is 5.43 Å². The summed E-state index contributed by atoms with van der Waals surface area (Å²) in [4.78, 5) is 0. The number of nitrogens with two attached hydrogens (primary N) is 1. The molecule has 0 amide bonds. The van der Waals surface area contributed by atoms with Crippen molar-refractivity contribution in [3.8, 4) is 6.07 Å². The maximum absolute atomic E-state index is 8.61. The summed E-state index contributed by atoms with van der Waals surface area (Å²) >= 11 is 3.25. The second-order valence-corrected chi connectivity index (χ2v) is 2.77. The van der Waals surface area contributed by atoms with Crippen molar-refractivity contribution in [1.82, 2.24) is 0 Å². The molecule has 1 rings (SSSR count). The molecule has 0 saturated heterocycles. The van der Waals surface area contributed by atoms with E-state index < -0.39 is 0 Å². The summed E-state index contributed by atoms with van der Waals surface area (Å²) in [7, 11) is 0. The minimum atomic E-state index is 0.530. The highest BCUT2D eigenvalue weighted by atomic mass is 79.9. The topological polar surface area (TPSA) is 61.8 Å². The maximum atomic E-state index is 8.61. The normalized spacial score (nSPS) is 8.82. The number of nitrogen functional groups attached to an aromatic ring is 1. The first kappa shape index (κ1) is 8.05. The lowest BCUT2D eigenvalue weighted by atomic mass is 10.2. The Bertz CT molecular complexity index is 303. The fourth-order valence-electron chi connectivity index (χ4n) is 0.764. The summed E-state index contributed by atoms with van der Waals surface area (Å²) in [5, 5.41) is 8.61. The van der Waals surface area contributed by atoms with Gasteiger partial charge < -0.3 is 5.43 Å². The highest BCUT2D eigenvalue weighted by Crippen LogP contribution is 2.24. The Morgan fingerprint density at radius 2 is 2.27 bits per heavy atom. The van der Waals surface area contributed by atoms with Gasteiger partial charge in [-0.1, -0.05) is 6.07 Å². The zero-order valence-electron chi connectivity index (χ0n) is 5.63. The van der Waals surface area contributed by atoms with Crippen LogP contribution in [-0.4, -0.2) is 0 Å². The summed E-state index contributed by atoms with van der Waals surface area (Å²) in [6, 6.07) is 7.31. The molecular weight excluding hydrogens is 206 g/mol. The van der Waals surface area contributed by atoms with E-state index in [4.69, 9.17) is 11.1 Å². The third-order valence-electron chi connectivity index (χ3n) is 1.28. The first-order valence-electron chi connectivity index (χ1n) is 2.95. The summed E-state index contributed by atoms with van der Waals surface area (Å²) in [6.45, 7) is 0. The van der Waals surface area contributed by atoms with Crippen LogP contribution in [0.1, 0.15) is 5.56 Å². The Hall–Kier alpha value is -1.05. The average Bonchev–Trinajstić information content (AvgIpc) is 2.04. The zero-order chi connectivity index (χ0) is 8.27. The fourth-order valence-corrected chi connectivity index (χ4v) is 1.24. The quantitative estimate of drug-likeness (QED) is 0.549. The number of nitriles is 1. The Labute approximate surface area is 72.9 Å². The number of hydrazine groups is 1. The number of para-hydroxylation sites is 1. The van der Waals surface area contributed by atoms with Crippen LogP contribution < -0.4 is 11.3 Å². The minimum absolute atomic E-state index is 0.530. The minimum Gasteiger partial charge on any atom is -0.322 e. The van der Waals surface area contributed by atoms with E-state index >= 15 is 0 Å². The number of rotatable bonds is 1. The van der Waals surface area contributed by atoms with Gasteiger partial charge in [0.2, 0.25) is 0 Å². The van der Waals surface area contributed by atoms with Crippen molar-refractivity contribution < 1.29 is 0 Å². The number of hydrogen-bond donors (Lipinski definition) is 2. The molecule has 56 valence electrons. The number of nitrogens with one attached hydrogen (secondary N) is 1. The standard InChI is InChI=1S/C7H6BrN3/c8-6-3-1-2-5(4-9)7(6)11-10/h1-3,11H,10H2. The molecule has 0 saturated carbocycles. The molecule has 0 radical (unpaired) electrons. The van der Waals surface area contributed by atoms with Gasteiger partial charge in [0.1, 0.15) is 6.07 Å². The summed E-state index contributed by atoms with van der Waals surface area (Å²) < 4.78 is 0.791. The fraction of sp³-hybridized carbons (Fsp3) is 0.